The van der Waals surface area contributed by atoms with Gasteiger partial charge in [0.25, 0.3) is 0 Å². The van der Waals surface area contributed by atoms with Crippen molar-refractivity contribution in [1.29, 1.82) is 0 Å². The number of esters is 3. The van der Waals surface area contributed by atoms with Crippen LogP contribution >= 0.6 is 0 Å². The van der Waals surface area contributed by atoms with Gasteiger partial charge < -0.3 is 14.2 Å². The molecule has 0 radical (unpaired) electrons. The van der Waals surface area contributed by atoms with Crippen LogP contribution in [0.4, 0.5) is 0 Å². The van der Waals surface area contributed by atoms with Gasteiger partial charge in [-0.15, -0.1) is 0 Å². The highest BCUT2D eigenvalue weighted by atomic mass is 16.6. The van der Waals surface area contributed by atoms with Crippen molar-refractivity contribution in [2.45, 2.75) is 271 Å². The van der Waals surface area contributed by atoms with Crippen molar-refractivity contribution >= 4 is 17.9 Å². The fraction of sp³-hybridized carbons (Fsp3) is 0.746. The number of carbonyl (C=O) groups excluding carboxylic acids is 3. The topological polar surface area (TPSA) is 78.9 Å². The predicted molar refractivity (Wildman–Crippen MR) is 279 cm³/mol. The van der Waals surface area contributed by atoms with Crippen LogP contribution in [0.15, 0.2) is 72.9 Å². The fourth-order valence-corrected chi connectivity index (χ4v) is 7.54. The van der Waals surface area contributed by atoms with Gasteiger partial charge in [-0.1, -0.05) is 209 Å². The zero-order valence-electron chi connectivity index (χ0n) is 42.7. The summed E-state index contributed by atoms with van der Waals surface area (Å²) in [5.74, 6) is -0.919. The van der Waals surface area contributed by atoms with Crippen LogP contribution in [0.25, 0.3) is 0 Å². The van der Waals surface area contributed by atoms with Crippen LogP contribution in [-0.2, 0) is 28.6 Å². The molecular weight excluding hydrogens is 805 g/mol. The average Bonchev–Trinajstić information content (AvgIpc) is 3.30. The van der Waals surface area contributed by atoms with Crippen LogP contribution in [0.3, 0.4) is 0 Å². The van der Waals surface area contributed by atoms with E-state index >= 15 is 0 Å². The Kier molecular flexibility index (Phi) is 50.9. The smallest absolute Gasteiger partial charge is 0.306 e. The molecule has 0 N–H and O–H groups in total. The first-order valence-corrected chi connectivity index (χ1v) is 27.4. The zero-order valence-corrected chi connectivity index (χ0v) is 42.7. The highest BCUT2D eigenvalue weighted by molar-refractivity contribution is 5.71. The molecule has 0 aromatic carbocycles. The van der Waals surface area contributed by atoms with Crippen LogP contribution in [0.5, 0.6) is 0 Å². The van der Waals surface area contributed by atoms with E-state index in [4.69, 9.17) is 14.2 Å². The van der Waals surface area contributed by atoms with E-state index in [0.717, 1.165) is 116 Å². The summed E-state index contributed by atoms with van der Waals surface area (Å²) in [6.45, 7) is 6.48. The van der Waals surface area contributed by atoms with Crippen molar-refractivity contribution in [3.05, 3.63) is 72.9 Å². The summed E-state index contributed by atoms with van der Waals surface area (Å²) < 4.78 is 16.8. The minimum atomic E-state index is -0.790. The number of unbranched alkanes of at least 4 members (excludes halogenated alkanes) is 26. The van der Waals surface area contributed by atoms with Crippen molar-refractivity contribution < 1.29 is 28.6 Å². The van der Waals surface area contributed by atoms with Crippen LogP contribution in [0.1, 0.15) is 265 Å². The molecule has 1 atom stereocenters. The van der Waals surface area contributed by atoms with Gasteiger partial charge in [0.05, 0.1) is 0 Å². The molecule has 0 spiro atoms. The molecule has 0 aromatic heterocycles. The van der Waals surface area contributed by atoms with Crippen LogP contribution in [0.2, 0.25) is 0 Å². The molecule has 0 fully saturated rings. The molecule has 0 unspecified atom stereocenters. The van der Waals surface area contributed by atoms with Gasteiger partial charge in [-0.3, -0.25) is 14.4 Å². The molecule has 0 aliphatic heterocycles. The Balaban J connectivity index is 4.43. The van der Waals surface area contributed by atoms with Gasteiger partial charge in [0, 0.05) is 19.3 Å². The molecule has 374 valence electrons. The molecular formula is C59H102O6. The molecule has 6 nitrogen and oxygen atoms in total. The van der Waals surface area contributed by atoms with Crippen molar-refractivity contribution in [2.24, 2.45) is 0 Å². The summed E-state index contributed by atoms with van der Waals surface area (Å²) in [5, 5.41) is 0. The number of ether oxygens (including phenoxy) is 3. The monoisotopic (exact) mass is 907 g/mol. The lowest BCUT2D eigenvalue weighted by Gasteiger charge is -2.18. The number of hydrogen-bond donors (Lipinski definition) is 0. The number of hydrogen-bond acceptors (Lipinski definition) is 6. The molecule has 0 saturated carbocycles. The Morgan fingerprint density at radius 3 is 0.985 bits per heavy atom. The number of carbonyl (C=O) groups is 3. The van der Waals surface area contributed by atoms with E-state index < -0.39 is 6.10 Å². The third-order valence-corrected chi connectivity index (χ3v) is 11.7. The van der Waals surface area contributed by atoms with Gasteiger partial charge in [0.2, 0.25) is 0 Å². The summed E-state index contributed by atoms with van der Waals surface area (Å²) in [7, 11) is 0. The Bertz CT molecular complexity index is 1230. The zero-order chi connectivity index (χ0) is 47.2. The quantitative estimate of drug-likeness (QED) is 0.0262. The summed E-state index contributed by atoms with van der Waals surface area (Å²) in [5.41, 5.74) is 0. The first-order chi connectivity index (χ1) is 32.0. The van der Waals surface area contributed by atoms with E-state index in [1.165, 1.54) is 109 Å². The van der Waals surface area contributed by atoms with Crippen LogP contribution in [0, 0.1) is 0 Å². The maximum absolute atomic E-state index is 12.8. The molecule has 0 heterocycles. The highest BCUT2D eigenvalue weighted by Gasteiger charge is 2.19. The second-order valence-corrected chi connectivity index (χ2v) is 18.1. The molecule has 0 amide bonds. The Labute approximate surface area is 402 Å². The lowest BCUT2D eigenvalue weighted by atomic mass is 10.1. The minimum absolute atomic E-state index is 0.0899. The summed E-state index contributed by atoms with van der Waals surface area (Å²) in [6, 6.07) is 0. The van der Waals surface area contributed by atoms with Crippen molar-refractivity contribution in [2.75, 3.05) is 13.2 Å². The standard InChI is InChI=1S/C59H102O6/c1-4-7-10-13-16-19-22-25-28-29-32-35-38-41-44-47-50-53-59(62)65-56(54-63-57(60)51-48-45-42-39-36-33-30-26-23-20-17-14-11-8-5-2)55-64-58(61)52-49-46-43-40-37-34-31-27-24-21-18-15-12-9-6-3/h8,11,17-18,20-21,25-28,30-31,56H,4-7,9-10,12-16,19,22-24,29,32-55H2,1-3H3/b11-8-,20-17-,21-18-,28-25-,30-26-,31-27-/t56-/m1/s1. The van der Waals surface area contributed by atoms with E-state index in [1.807, 2.05) is 0 Å². The average molecular weight is 907 g/mol. The van der Waals surface area contributed by atoms with Gasteiger partial charge in [-0.05, 0) is 109 Å². The van der Waals surface area contributed by atoms with E-state index in [2.05, 4.69) is 93.7 Å². The lowest BCUT2D eigenvalue weighted by molar-refractivity contribution is -0.167. The SMILES string of the molecule is CC/C=C\C/C=C\C/C=C\CCCCCCCC(=O)OC[C@H](COC(=O)CCCCCCC/C=C\C/C=C\CCCCC)OC(=O)CCCCCCCCC/C=C\CCCCCCCC. The van der Waals surface area contributed by atoms with Crippen molar-refractivity contribution in [3.8, 4) is 0 Å². The van der Waals surface area contributed by atoms with Gasteiger partial charge >= 0.3 is 17.9 Å². The molecule has 65 heavy (non-hydrogen) atoms. The fourth-order valence-electron chi connectivity index (χ4n) is 7.54. The van der Waals surface area contributed by atoms with Crippen molar-refractivity contribution in [3.63, 3.8) is 0 Å². The number of rotatable bonds is 49. The molecule has 0 rings (SSSR count). The summed E-state index contributed by atoms with van der Waals surface area (Å²) in [6.07, 6.45) is 67.4. The lowest BCUT2D eigenvalue weighted by Crippen LogP contribution is -2.30. The van der Waals surface area contributed by atoms with E-state index in [-0.39, 0.29) is 31.1 Å². The van der Waals surface area contributed by atoms with Crippen LogP contribution < -0.4 is 0 Å². The van der Waals surface area contributed by atoms with Gasteiger partial charge in [0.15, 0.2) is 6.10 Å². The normalized spacial score (nSPS) is 12.6. The van der Waals surface area contributed by atoms with E-state index in [9.17, 15) is 14.4 Å². The predicted octanol–water partition coefficient (Wildman–Crippen LogP) is 18.2. The van der Waals surface area contributed by atoms with Crippen molar-refractivity contribution in [1.82, 2.24) is 0 Å². The van der Waals surface area contributed by atoms with Crippen LogP contribution in [-0.4, -0.2) is 37.2 Å². The Morgan fingerprint density at radius 2 is 0.600 bits per heavy atom. The first-order valence-electron chi connectivity index (χ1n) is 27.4. The molecule has 0 saturated heterocycles. The maximum Gasteiger partial charge on any atom is 0.306 e. The van der Waals surface area contributed by atoms with E-state index in [0.29, 0.717) is 19.3 Å². The number of allylic oxidation sites excluding steroid dienone is 12. The Morgan fingerprint density at radius 1 is 0.323 bits per heavy atom. The van der Waals surface area contributed by atoms with Gasteiger partial charge in [-0.25, -0.2) is 0 Å². The van der Waals surface area contributed by atoms with E-state index in [1.54, 1.807) is 0 Å². The molecule has 6 heteroatoms. The molecule has 0 aliphatic rings. The van der Waals surface area contributed by atoms with Gasteiger partial charge in [-0.2, -0.15) is 0 Å². The molecule has 0 bridgehead atoms. The summed E-state index contributed by atoms with van der Waals surface area (Å²) >= 11 is 0. The maximum atomic E-state index is 12.8. The third kappa shape index (κ3) is 51.7. The molecule has 0 aliphatic carbocycles. The second kappa shape index (κ2) is 53.5. The Hall–Kier alpha value is -3.15. The third-order valence-electron chi connectivity index (χ3n) is 11.7. The first kappa shape index (κ1) is 61.9. The molecule has 0 aromatic rings. The van der Waals surface area contributed by atoms with Gasteiger partial charge in [0.1, 0.15) is 13.2 Å². The second-order valence-electron chi connectivity index (χ2n) is 18.1. The largest absolute Gasteiger partial charge is 0.462 e. The minimum Gasteiger partial charge on any atom is -0.462 e. The highest BCUT2D eigenvalue weighted by Crippen LogP contribution is 2.14. The summed E-state index contributed by atoms with van der Waals surface area (Å²) in [4.78, 5) is 38.1.